The van der Waals surface area contributed by atoms with Gasteiger partial charge >= 0.3 is 5.97 Å². The summed E-state index contributed by atoms with van der Waals surface area (Å²) in [5, 5.41) is 0. The largest absolute Gasteiger partial charge is 0.461 e. The minimum Gasteiger partial charge on any atom is -0.461 e. The lowest BCUT2D eigenvalue weighted by molar-refractivity contribution is -0.164. The average Bonchev–Trinajstić information content (AvgIpc) is 2.70. The molecule has 0 aliphatic carbocycles. The van der Waals surface area contributed by atoms with Crippen molar-refractivity contribution in [3.05, 3.63) is 71.5 Å². The number of benzene rings is 2. The second kappa shape index (κ2) is 9.33. The Hall–Kier alpha value is -2.15. The molecule has 9 heteroatoms. The predicted molar refractivity (Wildman–Crippen MR) is 110 cm³/mol. The van der Waals surface area contributed by atoms with E-state index >= 15 is 0 Å². The normalized spacial score (nSPS) is 19.7. The van der Waals surface area contributed by atoms with E-state index in [-0.39, 0.29) is 13.0 Å². The second-order valence-corrected chi connectivity index (χ2v) is 9.38. The molecule has 2 atom stereocenters. The topological polar surface area (TPSA) is 63.7 Å². The van der Waals surface area contributed by atoms with Crippen molar-refractivity contribution in [1.82, 2.24) is 4.90 Å². The predicted octanol–water partition coefficient (Wildman–Crippen LogP) is 4.40. The highest BCUT2D eigenvalue weighted by Gasteiger charge is 2.47. The molecule has 2 aromatic rings. The first-order valence-electron chi connectivity index (χ1n) is 9.02. The van der Waals surface area contributed by atoms with Gasteiger partial charge in [-0.1, -0.05) is 77.3 Å². The molecular formula is C21H17Cl3FNO4. The molecule has 2 unspecified atom stereocenters. The molecule has 3 rings (SSSR count). The van der Waals surface area contributed by atoms with Gasteiger partial charge in [0.05, 0.1) is 6.54 Å². The molecule has 0 N–H and O–H groups in total. The number of carbonyl (C=O) groups excluding carboxylic acids is 3. The quantitative estimate of drug-likeness (QED) is 0.280. The Morgan fingerprint density at radius 2 is 1.70 bits per heavy atom. The summed E-state index contributed by atoms with van der Waals surface area (Å²) >= 11 is 16.9. The summed E-state index contributed by atoms with van der Waals surface area (Å²) < 4.78 is 16.6. The average molecular weight is 473 g/mol. The number of rotatable bonds is 5. The highest BCUT2D eigenvalue weighted by atomic mass is 35.6. The Morgan fingerprint density at radius 1 is 1.07 bits per heavy atom. The molecule has 1 fully saturated rings. The van der Waals surface area contributed by atoms with Crippen LogP contribution >= 0.6 is 34.8 Å². The molecule has 0 spiro atoms. The van der Waals surface area contributed by atoms with Crippen LogP contribution in [0.4, 0.5) is 4.39 Å². The van der Waals surface area contributed by atoms with E-state index in [2.05, 4.69) is 0 Å². The van der Waals surface area contributed by atoms with Crippen molar-refractivity contribution in [2.24, 2.45) is 5.92 Å². The van der Waals surface area contributed by atoms with Crippen LogP contribution in [0.15, 0.2) is 54.6 Å². The number of carbonyl (C=O) groups is 3. The highest BCUT2D eigenvalue weighted by molar-refractivity contribution is 6.67. The maximum absolute atomic E-state index is 13.3. The maximum atomic E-state index is 13.3. The van der Waals surface area contributed by atoms with E-state index in [1.165, 1.54) is 24.3 Å². The van der Waals surface area contributed by atoms with Gasteiger partial charge in [0.15, 0.2) is 0 Å². The minimum absolute atomic E-state index is 0.0167. The second-order valence-electron chi connectivity index (χ2n) is 6.87. The van der Waals surface area contributed by atoms with Crippen molar-refractivity contribution in [2.45, 2.75) is 22.7 Å². The number of hydrogen-bond donors (Lipinski definition) is 0. The van der Waals surface area contributed by atoms with E-state index in [1.807, 2.05) is 6.07 Å². The summed E-state index contributed by atoms with van der Waals surface area (Å²) in [6.45, 7) is -0.536. The van der Waals surface area contributed by atoms with Crippen LogP contribution in [0.5, 0.6) is 0 Å². The summed E-state index contributed by atoms with van der Waals surface area (Å²) in [5.41, 5.74) is 1.20. The smallest absolute Gasteiger partial charge is 0.319 e. The summed E-state index contributed by atoms with van der Waals surface area (Å²) in [6.07, 6.45) is -0.127. The molecule has 5 nitrogen and oxygen atoms in total. The Bertz CT molecular complexity index is 932. The lowest BCUT2D eigenvalue weighted by Gasteiger charge is -2.35. The van der Waals surface area contributed by atoms with E-state index in [9.17, 15) is 18.8 Å². The van der Waals surface area contributed by atoms with Crippen molar-refractivity contribution in [3.8, 4) is 0 Å². The monoisotopic (exact) mass is 471 g/mol. The number of hydrogen-bond acceptors (Lipinski definition) is 4. The van der Waals surface area contributed by atoms with Crippen molar-refractivity contribution in [3.63, 3.8) is 0 Å². The van der Waals surface area contributed by atoms with Crippen LogP contribution in [-0.2, 0) is 25.7 Å². The third-order valence-electron chi connectivity index (χ3n) is 4.74. The SMILES string of the molecule is O=C(OCC(Cl)(Cl)Cl)C1C(=O)N(Cc2ccccc2)C(=O)CC1c1ccc(F)cc1. The first-order chi connectivity index (χ1) is 14.2. The minimum atomic E-state index is -1.85. The number of piperidine rings is 1. The fraction of sp³-hybridized carbons (Fsp3) is 0.286. The van der Waals surface area contributed by atoms with Crippen LogP contribution in [0.1, 0.15) is 23.5 Å². The molecule has 0 saturated carbocycles. The van der Waals surface area contributed by atoms with Gasteiger partial charge in [-0.3, -0.25) is 19.3 Å². The van der Waals surface area contributed by atoms with Crippen LogP contribution in [0.2, 0.25) is 0 Å². The molecule has 2 aromatic carbocycles. The summed E-state index contributed by atoms with van der Waals surface area (Å²) in [6, 6.07) is 14.2. The Balaban J connectivity index is 1.91. The van der Waals surface area contributed by atoms with Crippen LogP contribution in [0.25, 0.3) is 0 Å². The number of esters is 1. The molecule has 30 heavy (non-hydrogen) atoms. The fourth-order valence-electron chi connectivity index (χ4n) is 3.34. The number of imide groups is 1. The number of alkyl halides is 3. The van der Waals surface area contributed by atoms with E-state index in [0.717, 1.165) is 10.5 Å². The third kappa shape index (κ3) is 5.50. The van der Waals surface area contributed by atoms with E-state index in [4.69, 9.17) is 39.5 Å². The van der Waals surface area contributed by atoms with Gasteiger partial charge in [-0.05, 0) is 23.3 Å². The van der Waals surface area contributed by atoms with E-state index < -0.39 is 45.8 Å². The van der Waals surface area contributed by atoms with Crippen LogP contribution < -0.4 is 0 Å². The molecule has 1 heterocycles. The molecular weight excluding hydrogens is 456 g/mol. The molecule has 2 amide bonds. The van der Waals surface area contributed by atoms with Gasteiger partial charge in [-0.2, -0.15) is 0 Å². The lowest BCUT2D eigenvalue weighted by atomic mass is 9.79. The van der Waals surface area contributed by atoms with Gasteiger partial charge in [0.2, 0.25) is 15.6 Å². The molecule has 158 valence electrons. The Kier molecular flexibility index (Phi) is 7.01. The van der Waals surface area contributed by atoms with Gasteiger partial charge in [0.25, 0.3) is 0 Å². The van der Waals surface area contributed by atoms with Gasteiger partial charge < -0.3 is 4.74 Å². The summed E-state index contributed by atoms with van der Waals surface area (Å²) in [5.74, 6) is -4.69. The number of ether oxygens (including phenoxy) is 1. The molecule has 1 saturated heterocycles. The molecule has 0 aromatic heterocycles. The number of halogens is 4. The molecule has 0 radical (unpaired) electrons. The van der Waals surface area contributed by atoms with Crippen LogP contribution in [0, 0.1) is 11.7 Å². The highest BCUT2D eigenvalue weighted by Crippen LogP contribution is 2.37. The zero-order valence-electron chi connectivity index (χ0n) is 15.6. The van der Waals surface area contributed by atoms with Crippen molar-refractivity contribution in [2.75, 3.05) is 6.61 Å². The first-order valence-corrected chi connectivity index (χ1v) is 10.2. The molecule has 1 aliphatic rings. The molecule has 0 bridgehead atoms. The zero-order chi connectivity index (χ0) is 21.9. The van der Waals surface area contributed by atoms with Gasteiger partial charge in [0, 0.05) is 12.3 Å². The van der Waals surface area contributed by atoms with Crippen LogP contribution in [-0.4, -0.2) is 33.1 Å². The number of amides is 2. The standard InChI is InChI=1S/C21H17Cl3FNO4/c22-21(23,24)12-30-20(29)18-16(14-6-8-15(25)9-7-14)10-17(27)26(19(18)28)11-13-4-2-1-3-5-13/h1-9,16,18H,10-12H2. The lowest BCUT2D eigenvalue weighted by Crippen LogP contribution is -2.51. The van der Waals surface area contributed by atoms with Gasteiger partial charge in [-0.25, -0.2) is 4.39 Å². The van der Waals surface area contributed by atoms with Crippen molar-refractivity contribution < 1.29 is 23.5 Å². The third-order valence-corrected chi connectivity index (χ3v) is 5.07. The van der Waals surface area contributed by atoms with Crippen molar-refractivity contribution >= 4 is 52.6 Å². The zero-order valence-corrected chi connectivity index (χ0v) is 17.8. The number of likely N-dealkylation sites (tertiary alicyclic amines) is 1. The molecule has 1 aliphatic heterocycles. The van der Waals surface area contributed by atoms with E-state index in [1.54, 1.807) is 24.3 Å². The van der Waals surface area contributed by atoms with Gasteiger partial charge in [-0.15, -0.1) is 0 Å². The number of nitrogens with zero attached hydrogens (tertiary/aromatic N) is 1. The van der Waals surface area contributed by atoms with E-state index in [0.29, 0.717) is 5.56 Å². The van der Waals surface area contributed by atoms with Crippen molar-refractivity contribution in [1.29, 1.82) is 0 Å². The van der Waals surface area contributed by atoms with Crippen LogP contribution in [0.3, 0.4) is 0 Å². The Morgan fingerprint density at radius 3 is 2.30 bits per heavy atom. The fourth-order valence-corrected chi connectivity index (χ4v) is 3.50. The summed E-state index contributed by atoms with van der Waals surface area (Å²) in [4.78, 5) is 39.8. The van der Waals surface area contributed by atoms with Gasteiger partial charge in [0.1, 0.15) is 18.3 Å². The maximum Gasteiger partial charge on any atom is 0.319 e. The Labute approximate surface area is 187 Å². The summed E-state index contributed by atoms with van der Waals surface area (Å²) in [7, 11) is 0. The first kappa shape index (κ1) is 22.5.